The molecule has 1 aliphatic heterocycles. The number of allylic oxidation sites excluding steroid dienone is 1. The number of aliphatic hydroxyl groups excluding tert-OH is 1. The fraction of sp³-hybridized carbons (Fsp3) is 0.640. The van der Waals surface area contributed by atoms with Gasteiger partial charge in [0.15, 0.2) is 0 Å². The predicted molar refractivity (Wildman–Crippen MR) is 112 cm³/mol. The number of alkyl halides is 5. The Morgan fingerprint density at radius 3 is 2.42 bits per heavy atom. The lowest BCUT2D eigenvalue weighted by Gasteiger charge is -2.35. The number of nitrogens with one attached hydrogen (secondary N) is 1. The van der Waals surface area contributed by atoms with Crippen molar-refractivity contribution in [3.8, 4) is 0 Å². The fourth-order valence-electron chi connectivity index (χ4n) is 6.17. The SMILES string of the molecule is O=C1NCCC(CC(F)(F)[C@H]2CC[C@H](O)CC2)CC2=C1C1CC1c1ccc(C(F)(F)F)cc12. The summed E-state index contributed by atoms with van der Waals surface area (Å²) in [6, 6.07) is 3.68. The van der Waals surface area contributed by atoms with Gasteiger partial charge in [-0.3, -0.25) is 4.79 Å². The van der Waals surface area contributed by atoms with Gasteiger partial charge in [-0.15, -0.1) is 0 Å². The van der Waals surface area contributed by atoms with Gasteiger partial charge in [0.1, 0.15) is 0 Å². The topological polar surface area (TPSA) is 49.3 Å². The van der Waals surface area contributed by atoms with E-state index in [1.807, 2.05) is 0 Å². The van der Waals surface area contributed by atoms with Crippen LogP contribution in [0.15, 0.2) is 23.8 Å². The Labute approximate surface area is 189 Å². The summed E-state index contributed by atoms with van der Waals surface area (Å²) in [5.41, 5.74) is 1.45. The minimum Gasteiger partial charge on any atom is -0.393 e. The number of benzene rings is 1. The van der Waals surface area contributed by atoms with Crippen molar-refractivity contribution in [2.75, 3.05) is 6.54 Å². The third kappa shape index (κ3) is 4.31. The van der Waals surface area contributed by atoms with E-state index in [0.717, 1.165) is 17.7 Å². The summed E-state index contributed by atoms with van der Waals surface area (Å²) in [7, 11) is 0. The van der Waals surface area contributed by atoms with E-state index in [1.165, 1.54) is 6.07 Å². The maximum Gasteiger partial charge on any atom is 0.416 e. The molecular formula is C25H28F5NO2. The minimum absolute atomic E-state index is 0.0276. The number of carbonyl (C=O) groups excluding carboxylic acids is 1. The van der Waals surface area contributed by atoms with Crippen molar-refractivity contribution in [3.05, 3.63) is 40.5 Å². The molecule has 4 aliphatic rings. The lowest BCUT2D eigenvalue weighted by atomic mass is 9.75. The van der Waals surface area contributed by atoms with Gasteiger partial charge in [0.25, 0.3) is 5.92 Å². The number of aliphatic hydroxyl groups is 1. The number of hydrogen-bond donors (Lipinski definition) is 2. The first-order chi connectivity index (χ1) is 15.5. The molecule has 1 aromatic rings. The molecule has 1 amide bonds. The smallest absolute Gasteiger partial charge is 0.393 e. The van der Waals surface area contributed by atoms with E-state index in [2.05, 4.69) is 5.32 Å². The highest BCUT2D eigenvalue weighted by Crippen LogP contribution is 2.60. The summed E-state index contributed by atoms with van der Waals surface area (Å²) in [6.45, 7) is 0.284. The molecule has 3 atom stereocenters. The first-order valence-corrected chi connectivity index (χ1v) is 11.8. The molecule has 8 heteroatoms. The van der Waals surface area contributed by atoms with Crippen LogP contribution in [0.2, 0.25) is 0 Å². The Balaban J connectivity index is 1.47. The van der Waals surface area contributed by atoms with Crippen LogP contribution in [0, 0.1) is 17.8 Å². The van der Waals surface area contributed by atoms with Gasteiger partial charge in [0, 0.05) is 24.5 Å². The molecule has 2 fully saturated rings. The van der Waals surface area contributed by atoms with Crippen LogP contribution in [0.1, 0.15) is 74.0 Å². The molecule has 0 radical (unpaired) electrons. The Bertz CT molecular complexity index is 977. The normalized spacial score (nSPS) is 32.2. The third-order valence-corrected chi connectivity index (χ3v) is 8.02. The average molecular weight is 469 g/mol. The van der Waals surface area contributed by atoms with Crippen molar-refractivity contribution in [1.29, 1.82) is 0 Å². The number of halogens is 5. The maximum atomic E-state index is 15.2. The van der Waals surface area contributed by atoms with Crippen LogP contribution in [0.5, 0.6) is 0 Å². The summed E-state index contributed by atoms with van der Waals surface area (Å²) in [5, 5.41) is 12.5. The summed E-state index contributed by atoms with van der Waals surface area (Å²) < 4.78 is 70.7. The molecule has 2 saturated carbocycles. The Hall–Kier alpha value is -1.96. The summed E-state index contributed by atoms with van der Waals surface area (Å²) in [4.78, 5) is 12.8. The second-order valence-electron chi connectivity index (χ2n) is 10.2. The molecule has 2 N–H and O–H groups in total. The largest absolute Gasteiger partial charge is 0.416 e. The first kappa shape index (κ1) is 22.8. The lowest BCUT2D eigenvalue weighted by molar-refractivity contribution is -0.137. The Morgan fingerprint density at radius 2 is 1.73 bits per heavy atom. The van der Waals surface area contributed by atoms with E-state index in [-0.39, 0.29) is 50.0 Å². The number of carbonyl (C=O) groups is 1. The van der Waals surface area contributed by atoms with Crippen LogP contribution in [0.4, 0.5) is 22.0 Å². The molecule has 3 aliphatic carbocycles. The van der Waals surface area contributed by atoms with Gasteiger partial charge in [0.05, 0.1) is 11.7 Å². The van der Waals surface area contributed by atoms with E-state index in [0.29, 0.717) is 42.4 Å². The van der Waals surface area contributed by atoms with E-state index in [4.69, 9.17) is 0 Å². The minimum atomic E-state index is -4.52. The van der Waals surface area contributed by atoms with Crippen molar-refractivity contribution in [2.45, 2.75) is 75.5 Å². The van der Waals surface area contributed by atoms with Crippen LogP contribution >= 0.6 is 0 Å². The lowest BCUT2D eigenvalue weighted by Crippen LogP contribution is -2.37. The Kier molecular flexibility index (Phi) is 5.58. The quantitative estimate of drug-likeness (QED) is 0.560. The van der Waals surface area contributed by atoms with Crippen molar-refractivity contribution in [1.82, 2.24) is 5.32 Å². The Morgan fingerprint density at radius 1 is 1.00 bits per heavy atom. The van der Waals surface area contributed by atoms with E-state index >= 15 is 8.78 Å². The van der Waals surface area contributed by atoms with Crippen molar-refractivity contribution in [2.24, 2.45) is 17.8 Å². The van der Waals surface area contributed by atoms with E-state index < -0.39 is 35.6 Å². The molecule has 3 nitrogen and oxygen atoms in total. The van der Waals surface area contributed by atoms with Gasteiger partial charge in [-0.05, 0) is 91.5 Å². The van der Waals surface area contributed by atoms with Gasteiger partial charge < -0.3 is 10.4 Å². The summed E-state index contributed by atoms with van der Waals surface area (Å²) in [6.07, 6.45) is -2.87. The number of fused-ring (bicyclic) bond motifs is 5. The summed E-state index contributed by atoms with van der Waals surface area (Å²) >= 11 is 0. The van der Waals surface area contributed by atoms with Crippen LogP contribution in [-0.2, 0) is 11.0 Å². The fourth-order valence-corrected chi connectivity index (χ4v) is 6.17. The average Bonchev–Trinajstić information content (AvgIpc) is 3.52. The number of hydrogen-bond acceptors (Lipinski definition) is 2. The predicted octanol–water partition coefficient (Wildman–Crippen LogP) is 5.68. The molecule has 0 aromatic heterocycles. The van der Waals surface area contributed by atoms with Gasteiger partial charge in [-0.1, -0.05) is 6.07 Å². The zero-order valence-corrected chi connectivity index (χ0v) is 18.2. The van der Waals surface area contributed by atoms with Crippen molar-refractivity contribution < 1.29 is 31.9 Å². The second-order valence-corrected chi connectivity index (χ2v) is 10.2. The highest BCUT2D eigenvalue weighted by atomic mass is 19.4. The van der Waals surface area contributed by atoms with E-state index in [9.17, 15) is 23.1 Å². The highest BCUT2D eigenvalue weighted by Gasteiger charge is 2.51. The molecule has 33 heavy (non-hydrogen) atoms. The zero-order valence-electron chi connectivity index (χ0n) is 18.2. The second kappa shape index (κ2) is 8.07. The molecule has 3 unspecified atom stereocenters. The standard InChI is InChI=1S/C25H28F5NO2/c26-24(27,14-1-4-16(32)5-2-14)12-13-7-8-31-23(33)22-20(9-13)18-10-15(25(28,29)30)3-6-17(18)19-11-21(19)22/h3,6,10,13-14,16,19,21,32H,1-2,4-5,7-9,11-12H2,(H,31,33)/t13?,14-,16-,19?,21?. The maximum absolute atomic E-state index is 15.2. The molecule has 0 spiro atoms. The number of rotatable bonds is 3. The monoisotopic (exact) mass is 469 g/mol. The van der Waals surface area contributed by atoms with Gasteiger partial charge >= 0.3 is 6.18 Å². The number of amides is 1. The van der Waals surface area contributed by atoms with Crippen molar-refractivity contribution >= 4 is 11.5 Å². The van der Waals surface area contributed by atoms with Crippen LogP contribution < -0.4 is 5.32 Å². The molecule has 1 aromatic carbocycles. The van der Waals surface area contributed by atoms with E-state index in [1.54, 1.807) is 0 Å². The van der Waals surface area contributed by atoms with Crippen molar-refractivity contribution in [3.63, 3.8) is 0 Å². The van der Waals surface area contributed by atoms with Crippen LogP contribution in [0.3, 0.4) is 0 Å². The van der Waals surface area contributed by atoms with Crippen LogP contribution in [-0.4, -0.2) is 29.6 Å². The van der Waals surface area contributed by atoms with Gasteiger partial charge in [0.2, 0.25) is 5.91 Å². The molecule has 0 saturated heterocycles. The first-order valence-electron chi connectivity index (χ1n) is 11.8. The van der Waals surface area contributed by atoms with Crippen LogP contribution in [0.25, 0.3) is 5.57 Å². The molecule has 1 heterocycles. The highest BCUT2D eigenvalue weighted by molar-refractivity contribution is 6.04. The zero-order chi connectivity index (χ0) is 23.5. The molecule has 180 valence electrons. The summed E-state index contributed by atoms with van der Waals surface area (Å²) in [5.74, 6) is -4.44. The molecular weight excluding hydrogens is 441 g/mol. The van der Waals surface area contributed by atoms with Gasteiger partial charge in [-0.25, -0.2) is 8.78 Å². The van der Waals surface area contributed by atoms with Gasteiger partial charge in [-0.2, -0.15) is 13.2 Å². The third-order valence-electron chi connectivity index (χ3n) is 8.02. The molecule has 5 rings (SSSR count). The molecule has 0 bridgehead atoms.